The zero-order valence-electron chi connectivity index (χ0n) is 8.68. The van der Waals surface area contributed by atoms with Crippen molar-refractivity contribution in [3.05, 3.63) is 21.3 Å². The van der Waals surface area contributed by atoms with E-state index in [1.165, 1.54) is 25.7 Å². The predicted octanol–water partition coefficient (Wildman–Crippen LogP) is 4.61. The molecule has 1 aromatic heterocycles. The minimum absolute atomic E-state index is 0.229. The number of nitrogens with zero attached hydrogens (tertiary/aromatic N) is 1. The van der Waals surface area contributed by atoms with E-state index in [-0.39, 0.29) is 5.15 Å². The lowest BCUT2D eigenvalue weighted by Crippen LogP contribution is -2.09. The lowest BCUT2D eigenvalue weighted by atomic mass is 10.1. The van der Waals surface area contributed by atoms with Gasteiger partial charge < -0.3 is 4.74 Å². The maximum absolute atomic E-state index is 5.96. The highest BCUT2D eigenvalue weighted by atomic mass is 35.5. The first kappa shape index (κ1) is 12.3. The topological polar surface area (TPSA) is 22.1 Å². The molecule has 2 nitrogen and oxygen atoms in total. The molecule has 1 heterocycles. The van der Waals surface area contributed by atoms with Crippen molar-refractivity contribution in [3.8, 4) is 5.88 Å². The van der Waals surface area contributed by atoms with Gasteiger partial charge in [0.2, 0.25) is 5.88 Å². The van der Waals surface area contributed by atoms with Crippen molar-refractivity contribution in [1.82, 2.24) is 4.98 Å². The third-order valence-corrected chi connectivity index (χ3v) is 3.73. The van der Waals surface area contributed by atoms with Crippen LogP contribution in [0.15, 0.2) is 6.07 Å². The SMILES string of the molecule is Clc1cc(Cl)c(OCC2CCCC2)nc1Cl. The fourth-order valence-electron chi connectivity index (χ4n) is 1.90. The zero-order chi connectivity index (χ0) is 11.5. The van der Waals surface area contributed by atoms with E-state index in [9.17, 15) is 0 Å². The first-order valence-electron chi connectivity index (χ1n) is 5.31. The standard InChI is InChI=1S/C11H12Cl3NO/c12-8-5-9(13)11(15-10(8)14)16-6-7-3-1-2-4-7/h5,7H,1-4,6H2. The summed E-state index contributed by atoms with van der Waals surface area (Å²) in [6.45, 7) is 0.657. The Morgan fingerprint density at radius 3 is 2.56 bits per heavy atom. The van der Waals surface area contributed by atoms with Crippen molar-refractivity contribution < 1.29 is 4.74 Å². The smallest absolute Gasteiger partial charge is 0.234 e. The number of hydrogen-bond donors (Lipinski definition) is 0. The highest BCUT2D eigenvalue weighted by Crippen LogP contribution is 2.32. The predicted molar refractivity (Wildman–Crippen MR) is 66.7 cm³/mol. The van der Waals surface area contributed by atoms with Gasteiger partial charge in [-0.25, -0.2) is 0 Å². The van der Waals surface area contributed by atoms with Gasteiger partial charge in [0.15, 0.2) is 5.15 Å². The Kier molecular flexibility index (Phi) is 4.17. The Bertz CT molecular complexity index is 378. The Balaban J connectivity index is 2.00. The lowest BCUT2D eigenvalue weighted by Gasteiger charge is -2.12. The maximum atomic E-state index is 5.96. The van der Waals surface area contributed by atoms with Crippen LogP contribution in [0.4, 0.5) is 0 Å². The Labute approximate surface area is 110 Å². The van der Waals surface area contributed by atoms with Crippen LogP contribution in [0.1, 0.15) is 25.7 Å². The molecule has 0 saturated heterocycles. The van der Waals surface area contributed by atoms with Crippen LogP contribution in [0.2, 0.25) is 15.2 Å². The van der Waals surface area contributed by atoms with Crippen molar-refractivity contribution >= 4 is 34.8 Å². The summed E-state index contributed by atoms with van der Waals surface area (Å²) in [6.07, 6.45) is 5.02. The Morgan fingerprint density at radius 1 is 1.19 bits per heavy atom. The van der Waals surface area contributed by atoms with E-state index in [1.807, 2.05) is 0 Å². The quantitative estimate of drug-likeness (QED) is 0.754. The van der Waals surface area contributed by atoms with Gasteiger partial charge in [0.25, 0.3) is 0 Å². The van der Waals surface area contributed by atoms with Crippen LogP contribution in [0, 0.1) is 5.92 Å². The second kappa shape index (κ2) is 5.44. The summed E-state index contributed by atoms with van der Waals surface area (Å²) in [5.74, 6) is 0.996. The van der Waals surface area contributed by atoms with Crippen LogP contribution < -0.4 is 4.74 Å². The maximum Gasteiger partial charge on any atom is 0.234 e. The zero-order valence-corrected chi connectivity index (χ0v) is 10.9. The molecule has 1 aliphatic rings. The van der Waals surface area contributed by atoms with E-state index in [1.54, 1.807) is 6.07 Å². The largest absolute Gasteiger partial charge is 0.476 e. The lowest BCUT2D eigenvalue weighted by molar-refractivity contribution is 0.244. The average Bonchev–Trinajstić information content (AvgIpc) is 2.74. The van der Waals surface area contributed by atoms with Crippen LogP contribution in [0.3, 0.4) is 0 Å². The van der Waals surface area contributed by atoms with Crippen molar-refractivity contribution in [2.75, 3.05) is 6.61 Å². The molecule has 0 N–H and O–H groups in total. The minimum Gasteiger partial charge on any atom is -0.476 e. The van der Waals surface area contributed by atoms with Crippen molar-refractivity contribution in [1.29, 1.82) is 0 Å². The van der Waals surface area contributed by atoms with Crippen LogP contribution in [-0.4, -0.2) is 11.6 Å². The fourth-order valence-corrected chi connectivity index (χ4v) is 2.45. The highest BCUT2D eigenvalue weighted by Gasteiger charge is 2.17. The van der Waals surface area contributed by atoms with Crippen LogP contribution >= 0.6 is 34.8 Å². The molecule has 88 valence electrons. The first-order valence-corrected chi connectivity index (χ1v) is 6.44. The van der Waals surface area contributed by atoms with Gasteiger partial charge in [0, 0.05) is 0 Å². The molecule has 2 rings (SSSR count). The number of hydrogen-bond acceptors (Lipinski definition) is 2. The van der Waals surface area contributed by atoms with Gasteiger partial charge in [-0.2, -0.15) is 4.98 Å². The monoisotopic (exact) mass is 279 g/mol. The molecule has 0 aliphatic heterocycles. The van der Waals surface area contributed by atoms with E-state index < -0.39 is 0 Å². The van der Waals surface area contributed by atoms with Crippen molar-refractivity contribution in [3.63, 3.8) is 0 Å². The van der Waals surface area contributed by atoms with E-state index in [4.69, 9.17) is 39.5 Å². The Hall–Kier alpha value is -0.180. The fraction of sp³-hybridized carbons (Fsp3) is 0.545. The van der Waals surface area contributed by atoms with Crippen molar-refractivity contribution in [2.24, 2.45) is 5.92 Å². The molecule has 16 heavy (non-hydrogen) atoms. The summed E-state index contributed by atoms with van der Waals surface area (Å²) in [5.41, 5.74) is 0. The molecule has 0 atom stereocenters. The summed E-state index contributed by atoms with van der Waals surface area (Å²) in [4.78, 5) is 4.01. The summed E-state index contributed by atoms with van der Waals surface area (Å²) >= 11 is 17.5. The van der Waals surface area contributed by atoms with Crippen LogP contribution in [-0.2, 0) is 0 Å². The summed E-state index contributed by atoms with van der Waals surface area (Å²) in [6, 6.07) is 1.56. The molecular formula is C11H12Cl3NO. The Morgan fingerprint density at radius 2 is 1.88 bits per heavy atom. The molecule has 1 aliphatic carbocycles. The molecular weight excluding hydrogens is 268 g/mol. The van der Waals surface area contributed by atoms with Gasteiger partial charge in [-0.05, 0) is 24.8 Å². The van der Waals surface area contributed by atoms with Crippen molar-refractivity contribution in [2.45, 2.75) is 25.7 Å². The molecule has 0 spiro atoms. The molecule has 0 unspecified atom stereocenters. The minimum atomic E-state index is 0.229. The second-order valence-corrected chi connectivity index (χ2v) is 5.18. The number of pyridine rings is 1. The number of halogens is 3. The number of rotatable bonds is 3. The molecule has 1 fully saturated rings. The van der Waals surface area contributed by atoms with E-state index in [2.05, 4.69) is 4.98 Å². The molecule has 0 bridgehead atoms. The highest BCUT2D eigenvalue weighted by molar-refractivity contribution is 6.42. The van der Waals surface area contributed by atoms with Crippen LogP contribution in [0.25, 0.3) is 0 Å². The third-order valence-electron chi connectivity index (χ3n) is 2.79. The third kappa shape index (κ3) is 2.93. The average molecular weight is 281 g/mol. The second-order valence-electron chi connectivity index (χ2n) is 4.01. The molecule has 0 amide bonds. The van der Waals surface area contributed by atoms with Gasteiger partial charge in [-0.3, -0.25) is 0 Å². The van der Waals surface area contributed by atoms with Gasteiger partial charge in [0.05, 0.1) is 11.6 Å². The molecule has 1 aromatic rings. The number of ether oxygens (including phenoxy) is 1. The van der Waals surface area contributed by atoms with Gasteiger partial charge in [-0.15, -0.1) is 0 Å². The molecule has 0 aromatic carbocycles. The molecule has 1 saturated carbocycles. The molecule has 0 radical (unpaired) electrons. The summed E-state index contributed by atoms with van der Waals surface area (Å²) < 4.78 is 5.57. The normalized spacial score (nSPS) is 16.7. The van der Waals surface area contributed by atoms with Gasteiger partial charge in [0.1, 0.15) is 5.02 Å². The molecule has 5 heteroatoms. The summed E-state index contributed by atoms with van der Waals surface area (Å²) in [5, 5.41) is 0.986. The van der Waals surface area contributed by atoms with Gasteiger partial charge in [-0.1, -0.05) is 47.6 Å². The number of aromatic nitrogens is 1. The van der Waals surface area contributed by atoms with E-state index in [0.29, 0.717) is 28.5 Å². The first-order chi connectivity index (χ1) is 7.66. The van der Waals surface area contributed by atoms with E-state index >= 15 is 0 Å². The van der Waals surface area contributed by atoms with E-state index in [0.717, 1.165) is 0 Å². The van der Waals surface area contributed by atoms with Gasteiger partial charge >= 0.3 is 0 Å². The summed E-state index contributed by atoms with van der Waals surface area (Å²) in [7, 11) is 0. The van der Waals surface area contributed by atoms with Crippen LogP contribution in [0.5, 0.6) is 5.88 Å².